The lowest BCUT2D eigenvalue weighted by molar-refractivity contribution is -0.125. The zero-order valence-electron chi connectivity index (χ0n) is 11.2. The highest BCUT2D eigenvalue weighted by Gasteiger charge is 2.40. The maximum absolute atomic E-state index is 12.6. The minimum absolute atomic E-state index is 0.0182. The molecule has 1 aliphatic heterocycles. The predicted octanol–water partition coefficient (Wildman–Crippen LogP) is 4.47. The number of carbonyl (C=O) groups excluding carboxylic acids is 1. The highest BCUT2D eigenvalue weighted by Crippen LogP contribution is 2.38. The molecule has 0 bridgehead atoms. The SMILES string of the molecule is CCCC1(C(=O)Nc2ccc(Br)c(Cl)c2Cl)CCNC1. The highest BCUT2D eigenvalue weighted by atomic mass is 79.9. The molecular weight excluding hydrogens is 363 g/mol. The van der Waals surface area contributed by atoms with Gasteiger partial charge in [0.1, 0.15) is 0 Å². The first kappa shape index (κ1) is 16.1. The van der Waals surface area contributed by atoms with E-state index in [9.17, 15) is 4.79 Å². The fraction of sp³-hybridized carbons (Fsp3) is 0.500. The van der Waals surface area contributed by atoms with Crippen LogP contribution in [0.5, 0.6) is 0 Å². The maximum Gasteiger partial charge on any atom is 0.231 e. The molecule has 1 saturated heterocycles. The van der Waals surface area contributed by atoms with Crippen LogP contribution in [-0.4, -0.2) is 19.0 Å². The van der Waals surface area contributed by atoms with E-state index in [0.717, 1.165) is 25.8 Å². The quantitative estimate of drug-likeness (QED) is 0.757. The Kier molecular flexibility index (Phi) is 5.35. The second-order valence-electron chi connectivity index (χ2n) is 5.13. The van der Waals surface area contributed by atoms with Crippen LogP contribution in [-0.2, 0) is 4.79 Å². The van der Waals surface area contributed by atoms with Crippen LogP contribution in [0, 0.1) is 5.41 Å². The number of anilines is 1. The minimum atomic E-state index is -0.336. The van der Waals surface area contributed by atoms with Crippen LogP contribution in [0.1, 0.15) is 26.2 Å². The molecule has 3 nitrogen and oxygen atoms in total. The topological polar surface area (TPSA) is 41.1 Å². The summed E-state index contributed by atoms with van der Waals surface area (Å²) < 4.78 is 0.716. The number of carbonyl (C=O) groups is 1. The average molecular weight is 380 g/mol. The van der Waals surface area contributed by atoms with E-state index < -0.39 is 0 Å². The molecule has 1 fully saturated rings. The van der Waals surface area contributed by atoms with Crippen LogP contribution in [0.2, 0.25) is 10.0 Å². The molecule has 1 aromatic rings. The standard InChI is InChI=1S/C14H17BrCl2N2O/c1-2-5-14(6-7-18-8-14)13(20)19-10-4-3-9(15)11(16)12(10)17/h3-4,18H,2,5-8H2,1H3,(H,19,20). The summed E-state index contributed by atoms with van der Waals surface area (Å²) in [6, 6.07) is 3.54. The molecule has 0 spiro atoms. The van der Waals surface area contributed by atoms with Gasteiger partial charge in [0.2, 0.25) is 5.91 Å². The molecule has 1 atom stereocenters. The van der Waals surface area contributed by atoms with Gasteiger partial charge in [-0.05, 0) is 47.4 Å². The van der Waals surface area contributed by atoms with Crippen LogP contribution in [0.4, 0.5) is 5.69 Å². The number of rotatable bonds is 4. The summed E-state index contributed by atoms with van der Waals surface area (Å²) in [5.74, 6) is 0.0182. The lowest BCUT2D eigenvalue weighted by atomic mass is 9.81. The Bertz CT molecular complexity index is 516. The van der Waals surface area contributed by atoms with E-state index in [1.807, 2.05) is 0 Å². The summed E-state index contributed by atoms with van der Waals surface area (Å²) in [6.07, 6.45) is 2.70. The summed E-state index contributed by atoms with van der Waals surface area (Å²) in [7, 11) is 0. The van der Waals surface area contributed by atoms with Crippen molar-refractivity contribution < 1.29 is 4.79 Å². The number of benzene rings is 1. The molecule has 1 heterocycles. The van der Waals surface area contributed by atoms with Crippen LogP contribution in [0.3, 0.4) is 0 Å². The van der Waals surface area contributed by atoms with E-state index in [-0.39, 0.29) is 11.3 Å². The summed E-state index contributed by atoms with van der Waals surface area (Å²) in [5.41, 5.74) is 0.227. The number of halogens is 3. The lowest BCUT2D eigenvalue weighted by Crippen LogP contribution is -2.38. The van der Waals surface area contributed by atoms with Gasteiger partial charge in [0.15, 0.2) is 0 Å². The molecule has 1 aromatic carbocycles. The van der Waals surface area contributed by atoms with Crippen molar-refractivity contribution in [3.63, 3.8) is 0 Å². The van der Waals surface area contributed by atoms with E-state index in [1.54, 1.807) is 12.1 Å². The summed E-state index contributed by atoms with van der Waals surface area (Å²) in [6.45, 7) is 3.69. The zero-order valence-corrected chi connectivity index (χ0v) is 14.3. The van der Waals surface area contributed by atoms with E-state index in [1.165, 1.54) is 0 Å². The van der Waals surface area contributed by atoms with Crippen LogP contribution < -0.4 is 10.6 Å². The first-order valence-corrected chi connectivity index (χ1v) is 8.21. The second-order valence-corrected chi connectivity index (χ2v) is 6.74. The molecule has 2 rings (SSSR count). The Balaban J connectivity index is 2.21. The normalized spacial score (nSPS) is 22.0. The van der Waals surface area contributed by atoms with Crippen molar-refractivity contribution in [3.05, 3.63) is 26.7 Å². The van der Waals surface area contributed by atoms with Gasteiger partial charge in [0, 0.05) is 11.0 Å². The van der Waals surface area contributed by atoms with Crippen molar-refractivity contribution in [3.8, 4) is 0 Å². The Morgan fingerprint density at radius 2 is 2.20 bits per heavy atom. The molecule has 6 heteroatoms. The molecule has 0 saturated carbocycles. The summed E-state index contributed by atoms with van der Waals surface area (Å²) in [4.78, 5) is 12.6. The van der Waals surface area contributed by atoms with Gasteiger partial charge in [-0.3, -0.25) is 4.79 Å². The van der Waals surface area contributed by atoms with E-state index in [0.29, 0.717) is 26.8 Å². The molecule has 0 aromatic heterocycles. The Labute approximate surface area is 137 Å². The van der Waals surface area contributed by atoms with Crippen molar-refractivity contribution in [1.29, 1.82) is 0 Å². The minimum Gasteiger partial charge on any atom is -0.324 e. The third kappa shape index (κ3) is 3.14. The van der Waals surface area contributed by atoms with E-state index >= 15 is 0 Å². The lowest BCUT2D eigenvalue weighted by Gasteiger charge is -2.26. The smallest absolute Gasteiger partial charge is 0.231 e. The van der Waals surface area contributed by atoms with Gasteiger partial charge in [-0.2, -0.15) is 0 Å². The molecule has 20 heavy (non-hydrogen) atoms. The summed E-state index contributed by atoms with van der Waals surface area (Å²) in [5, 5.41) is 6.98. The monoisotopic (exact) mass is 378 g/mol. The van der Waals surface area contributed by atoms with Crippen molar-refractivity contribution in [2.45, 2.75) is 26.2 Å². The largest absolute Gasteiger partial charge is 0.324 e. The van der Waals surface area contributed by atoms with Crippen molar-refractivity contribution in [2.75, 3.05) is 18.4 Å². The fourth-order valence-corrected chi connectivity index (χ4v) is 3.44. The molecule has 110 valence electrons. The number of hydrogen-bond acceptors (Lipinski definition) is 2. The van der Waals surface area contributed by atoms with E-state index in [4.69, 9.17) is 23.2 Å². The number of nitrogens with one attached hydrogen (secondary N) is 2. The average Bonchev–Trinajstić information content (AvgIpc) is 2.90. The van der Waals surface area contributed by atoms with Gasteiger partial charge in [-0.25, -0.2) is 0 Å². The zero-order chi connectivity index (χ0) is 14.8. The first-order chi connectivity index (χ1) is 9.50. The predicted molar refractivity (Wildman–Crippen MR) is 87.6 cm³/mol. The number of amides is 1. The Hall–Kier alpha value is -0.290. The molecule has 2 N–H and O–H groups in total. The van der Waals surface area contributed by atoms with Gasteiger partial charge in [0.25, 0.3) is 0 Å². The Morgan fingerprint density at radius 3 is 2.80 bits per heavy atom. The van der Waals surface area contributed by atoms with E-state index in [2.05, 4.69) is 33.5 Å². The second kappa shape index (κ2) is 6.65. The maximum atomic E-state index is 12.6. The molecule has 0 radical (unpaired) electrons. The van der Waals surface area contributed by atoms with Gasteiger partial charge < -0.3 is 10.6 Å². The third-order valence-electron chi connectivity index (χ3n) is 3.74. The van der Waals surface area contributed by atoms with Crippen LogP contribution in [0.25, 0.3) is 0 Å². The third-order valence-corrected chi connectivity index (χ3v) is 5.51. The van der Waals surface area contributed by atoms with Crippen molar-refractivity contribution in [2.24, 2.45) is 5.41 Å². The summed E-state index contributed by atoms with van der Waals surface area (Å²) >= 11 is 15.6. The highest BCUT2D eigenvalue weighted by molar-refractivity contribution is 9.10. The molecule has 1 aliphatic rings. The fourth-order valence-electron chi connectivity index (χ4n) is 2.62. The number of hydrogen-bond donors (Lipinski definition) is 2. The van der Waals surface area contributed by atoms with Crippen LogP contribution >= 0.6 is 39.1 Å². The first-order valence-electron chi connectivity index (χ1n) is 6.66. The molecule has 1 amide bonds. The Morgan fingerprint density at radius 1 is 1.45 bits per heavy atom. The molecular formula is C14H17BrCl2N2O. The van der Waals surface area contributed by atoms with Gasteiger partial charge in [-0.1, -0.05) is 36.5 Å². The van der Waals surface area contributed by atoms with Gasteiger partial charge in [-0.15, -0.1) is 0 Å². The van der Waals surface area contributed by atoms with Crippen LogP contribution in [0.15, 0.2) is 16.6 Å². The van der Waals surface area contributed by atoms with Crippen molar-refractivity contribution in [1.82, 2.24) is 5.32 Å². The van der Waals surface area contributed by atoms with Gasteiger partial charge >= 0.3 is 0 Å². The van der Waals surface area contributed by atoms with Crippen molar-refractivity contribution >= 4 is 50.7 Å². The van der Waals surface area contributed by atoms with Gasteiger partial charge in [0.05, 0.1) is 21.1 Å². The molecule has 0 aliphatic carbocycles. The molecule has 1 unspecified atom stereocenters.